The van der Waals surface area contributed by atoms with Crippen LogP contribution in [-0.2, 0) is 6.61 Å². The molecule has 1 atom stereocenters. The van der Waals surface area contributed by atoms with Gasteiger partial charge in [0.1, 0.15) is 12.4 Å². The number of urea groups is 1. The van der Waals surface area contributed by atoms with E-state index in [2.05, 4.69) is 10.6 Å². The van der Waals surface area contributed by atoms with Gasteiger partial charge in [0.2, 0.25) is 0 Å². The summed E-state index contributed by atoms with van der Waals surface area (Å²) in [4.78, 5) is 11.3. The van der Waals surface area contributed by atoms with Crippen molar-refractivity contribution < 1.29 is 9.53 Å². The molecule has 2 amide bonds. The van der Waals surface area contributed by atoms with Crippen molar-refractivity contribution in [1.82, 2.24) is 10.6 Å². The van der Waals surface area contributed by atoms with E-state index >= 15 is 0 Å². The molecule has 1 heterocycles. The Kier molecular flexibility index (Phi) is 3.54. The maximum absolute atomic E-state index is 11.3. The van der Waals surface area contributed by atoms with Gasteiger partial charge in [-0.05, 0) is 11.6 Å². The highest BCUT2D eigenvalue weighted by atomic mass is 16.5. The van der Waals surface area contributed by atoms with E-state index in [-0.39, 0.29) is 12.1 Å². The number of amides is 2. The fraction of sp³-hybridized carbons (Fsp3) is 0.188. The SMILES string of the molecule is O=C1NC[C@@H](c2ccccc2OCc2ccccc2)N1. The van der Waals surface area contributed by atoms with Crippen LogP contribution in [0.5, 0.6) is 5.75 Å². The second kappa shape index (κ2) is 5.65. The van der Waals surface area contributed by atoms with Gasteiger partial charge in [-0.2, -0.15) is 0 Å². The largest absolute Gasteiger partial charge is 0.489 e. The minimum absolute atomic E-state index is 0.0329. The van der Waals surface area contributed by atoms with Crippen molar-refractivity contribution in [3.63, 3.8) is 0 Å². The van der Waals surface area contributed by atoms with E-state index in [1.807, 2.05) is 54.6 Å². The lowest BCUT2D eigenvalue weighted by Gasteiger charge is -2.15. The number of hydrogen-bond donors (Lipinski definition) is 2. The average Bonchev–Trinajstić information content (AvgIpc) is 2.93. The first kappa shape index (κ1) is 12.5. The Morgan fingerprint density at radius 2 is 1.80 bits per heavy atom. The minimum atomic E-state index is -0.132. The molecule has 2 N–H and O–H groups in total. The van der Waals surface area contributed by atoms with Crippen LogP contribution in [0.4, 0.5) is 4.79 Å². The van der Waals surface area contributed by atoms with Crippen molar-refractivity contribution in [2.45, 2.75) is 12.6 Å². The van der Waals surface area contributed by atoms with E-state index in [1.165, 1.54) is 0 Å². The number of nitrogens with one attached hydrogen (secondary N) is 2. The van der Waals surface area contributed by atoms with Gasteiger partial charge in [-0.3, -0.25) is 0 Å². The first-order chi connectivity index (χ1) is 9.83. The van der Waals surface area contributed by atoms with Crippen molar-refractivity contribution in [3.8, 4) is 5.75 Å². The van der Waals surface area contributed by atoms with Crippen LogP contribution >= 0.6 is 0 Å². The monoisotopic (exact) mass is 268 g/mol. The average molecular weight is 268 g/mol. The lowest BCUT2D eigenvalue weighted by molar-refractivity contribution is 0.247. The molecule has 0 saturated carbocycles. The summed E-state index contributed by atoms with van der Waals surface area (Å²) in [6, 6.07) is 17.7. The fourth-order valence-corrected chi connectivity index (χ4v) is 2.28. The Bertz CT molecular complexity index is 598. The molecule has 0 unspecified atom stereocenters. The first-order valence-electron chi connectivity index (χ1n) is 6.63. The predicted molar refractivity (Wildman–Crippen MR) is 76.5 cm³/mol. The van der Waals surface area contributed by atoms with Gasteiger partial charge in [0.15, 0.2) is 0 Å². The molecular formula is C16H16N2O2. The molecule has 4 nitrogen and oxygen atoms in total. The van der Waals surface area contributed by atoms with E-state index in [0.717, 1.165) is 16.9 Å². The van der Waals surface area contributed by atoms with E-state index in [9.17, 15) is 4.79 Å². The Morgan fingerprint density at radius 3 is 2.55 bits per heavy atom. The molecule has 2 aromatic rings. The van der Waals surface area contributed by atoms with Crippen LogP contribution in [0, 0.1) is 0 Å². The van der Waals surface area contributed by atoms with Gasteiger partial charge in [0, 0.05) is 12.1 Å². The van der Waals surface area contributed by atoms with Gasteiger partial charge in [0.25, 0.3) is 0 Å². The Hall–Kier alpha value is -2.49. The van der Waals surface area contributed by atoms with Crippen LogP contribution < -0.4 is 15.4 Å². The van der Waals surface area contributed by atoms with Gasteiger partial charge >= 0.3 is 6.03 Å². The Labute approximate surface area is 117 Å². The molecule has 102 valence electrons. The maximum atomic E-state index is 11.3. The van der Waals surface area contributed by atoms with Gasteiger partial charge < -0.3 is 15.4 Å². The number of hydrogen-bond acceptors (Lipinski definition) is 2. The van der Waals surface area contributed by atoms with Crippen LogP contribution in [0.3, 0.4) is 0 Å². The second-order valence-corrected chi connectivity index (χ2v) is 4.72. The normalized spacial score (nSPS) is 17.4. The van der Waals surface area contributed by atoms with Crippen LogP contribution in [0.1, 0.15) is 17.2 Å². The van der Waals surface area contributed by atoms with Crippen molar-refractivity contribution in [1.29, 1.82) is 0 Å². The third-order valence-corrected chi connectivity index (χ3v) is 3.30. The summed E-state index contributed by atoms with van der Waals surface area (Å²) in [5.74, 6) is 0.811. The summed E-state index contributed by atoms with van der Waals surface area (Å²) in [6.45, 7) is 1.11. The summed E-state index contributed by atoms with van der Waals surface area (Å²) < 4.78 is 5.89. The zero-order valence-electron chi connectivity index (χ0n) is 11.0. The summed E-state index contributed by atoms with van der Waals surface area (Å²) in [5.41, 5.74) is 2.12. The van der Waals surface area contributed by atoms with Crippen LogP contribution in [0.25, 0.3) is 0 Å². The highest BCUT2D eigenvalue weighted by molar-refractivity contribution is 5.77. The first-order valence-corrected chi connectivity index (χ1v) is 6.63. The minimum Gasteiger partial charge on any atom is -0.489 e. The molecule has 3 rings (SSSR count). The Morgan fingerprint density at radius 1 is 1.05 bits per heavy atom. The second-order valence-electron chi connectivity index (χ2n) is 4.72. The lowest BCUT2D eigenvalue weighted by atomic mass is 10.1. The van der Waals surface area contributed by atoms with Crippen molar-refractivity contribution in [2.75, 3.05) is 6.54 Å². The van der Waals surface area contributed by atoms with Crippen LogP contribution in [0.2, 0.25) is 0 Å². The topological polar surface area (TPSA) is 50.4 Å². The smallest absolute Gasteiger partial charge is 0.315 e. The highest BCUT2D eigenvalue weighted by Crippen LogP contribution is 2.26. The van der Waals surface area contributed by atoms with Crippen molar-refractivity contribution >= 4 is 6.03 Å². The zero-order chi connectivity index (χ0) is 13.8. The molecular weight excluding hydrogens is 252 g/mol. The van der Waals surface area contributed by atoms with E-state index in [1.54, 1.807) is 0 Å². The summed E-state index contributed by atoms with van der Waals surface area (Å²) in [6.07, 6.45) is 0. The quantitative estimate of drug-likeness (QED) is 0.895. The maximum Gasteiger partial charge on any atom is 0.315 e. The number of rotatable bonds is 4. The molecule has 4 heteroatoms. The molecule has 0 bridgehead atoms. The molecule has 1 saturated heterocycles. The van der Waals surface area contributed by atoms with Crippen molar-refractivity contribution in [2.24, 2.45) is 0 Å². The van der Waals surface area contributed by atoms with E-state index < -0.39 is 0 Å². The molecule has 0 aromatic heterocycles. The van der Waals surface area contributed by atoms with Crippen LogP contribution in [-0.4, -0.2) is 12.6 Å². The van der Waals surface area contributed by atoms with Gasteiger partial charge in [-0.1, -0.05) is 48.5 Å². The number of carbonyl (C=O) groups is 1. The number of carbonyl (C=O) groups excluding carboxylic acids is 1. The molecule has 0 spiro atoms. The lowest BCUT2D eigenvalue weighted by Crippen LogP contribution is -2.22. The third kappa shape index (κ3) is 2.74. The summed E-state index contributed by atoms with van der Waals surface area (Å²) in [7, 11) is 0. The number of ether oxygens (including phenoxy) is 1. The number of benzene rings is 2. The van der Waals surface area contributed by atoms with Gasteiger partial charge in [0.05, 0.1) is 6.04 Å². The predicted octanol–water partition coefficient (Wildman–Crippen LogP) is 2.62. The summed E-state index contributed by atoms with van der Waals surface area (Å²) >= 11 is 0. The fourth-order valence-electron chi connectivity index (χ4n) is 2.28. The molecule has 0 radical (unpaired) electrons. The zero-order valence-corrected chi connectivity index (χ0v) is 11.0. The third-order valence-electron chi connectivity index (χ3n) is 3.30. The molecule has 0 aliphatic carbocycles. The molecule has 1 fully saturated rings. The van der Waals surface area contributed by atoms with Gasteiger partial charge in [-0.25, -0.2) is 4.79 Å². The number of para-hydroxylation sites is 1. The molecule has 1 aliphatic rings. The highest BCUT2D eigenvalue weighted by Gasteiger charge is 2.24. The molecule has 20 heavy (non-hydrogen) atoms. The standard InChI is InChI=1S/C16H16N2O2/c19-16-17-10-14(18-16)13-8-4-5-9-15(13)20-11-12-6-2-1-3-7-12/h1-9,14H,10-11H2,(H2,17,18,19)/t14-/m0/s1. The van der Waals surface area contributed by atoms with E-state index in [0.29, 0.717) is 13.2 Å². The van der Waals surface area contributed by atoms with Crippen LogP contribution in [0.15, 0.2) is 54.6 Å². The van der Waals surface area contributed by atoms with Gasteiger partial charge in [-0.15, -0.1) is 0 Å². The summed E-state index contributed by atoms with van der Waals surface area (Å²) in [5, 5.41) is 5.64. The molecule has 2 aromatic carbocycles. The van der Waals surface area contributed by atoms with Crippen molar-refractivity contribution in [3.05, 3.63) is 65.7 Å². The molecule has 1 aliphatic heterocycles. The van der Waals surface area contributed by atoms with E-state index in [4.69, 9.17) is 4.74 Å². The Balaban J connectivity index is 1.74.